The molecule has 0 radical (unpaired) electrons. The van der Waals surface area contributed by atoms with Crippen molar-refractivity contribution < 1.29 is 14.0 Å². The molecule has 3 aliphatic rings. The van der Waals surface area contributed by atoms with Gasteiger partial charge in [0.1, 0.15) is 5.76 Å². The van der Waals surface area contributed by atoms with Gasteiger partial charge in [-0.15, -0.1) is 0 Å². The normalized spacial score (nSPS) is 21.6. The molecule has 0 aromatic carbocycles. The van der Waals surface area contributed by atoms with Gasteiger partial charge in [0, 0.05) is 50.7 Å². The van der Waals surface area contributed by atoms with Gasteiger partial charge in [-0.25, -0.2) is 4.79 Å². The molecule has 30 heavy (non-hydrogen) atoms. The van der Waals surface area contributed by atoms with Gasteiger partial charge in [0.25, 0.3) is 5.91 Å². The summed E-state index contributed by atoms with van der Waals surface area (Å²) in [5.74, 6) is 1.77. The molecule has 4 heterocycles. The number of urea groups is 1. The number of rotatable bonds is 3. The number of likely N-dealkylation sites (tertiary alicyclic amines) is 1. The topological polar surface area (TPSA) is 78.7 Å². The molecule has 5 rings (SSSR count). The molecule has 1 N–H and O–H groups in total. The average molecular weight is 409 g/mol. The molecular weight excluding hydrogens is 380 g/mol. The molecule has 1 spiro atoms. The van der Waals surface area contributed by atoms with Gasteiger partial charge >= 0.3 is 6.03 Å². The van der Waals surface area contributed by atoms with Gasteiger partial charge in [0.05, 0.1) is 0 Å². The summed E-state index contributed by atoms with van der Waals surface area (Å²) in [5, 5.41) is 3.13. The van der Waals surface area contributed by atoms with Crippen LogP contribution in [0, 0.1) is 25.2 Å². The molecule has 158 valence electrons. The Morgan fingerprint density at radius 1 is 1.20 bits per heavy atom. The fourth-order valence-electron chi connectivity index (χ4n) is 5.17. The number of nitrogens with zero attached hydrogens (tertiary/aromatic N) is 3. The Bertz CT molecular complexity index is 965. The zero-order valence-corrected chi connectivity index (χ0v) is 17.6. The summed E-state index contributed by atoms with van der Waals surface area (Å²) >= 11 is 0. The number of aromatic nitrogens is 1. The maximum absolute atomic E-state index is 12.8. The summed E-state index contributed by atoms with van der Waals surface area (Å²) < 4.78 is 5.61. The van der Waals surface area contributed by atoms with E-state index >= 15 is 0 Å². The smallest absolute Gasteiger partial charge is 0.318 e. The Labute approximate surface area is 176 Å². The van der Waals surface area contributed by atoms with Crippen LogP contribution in [0.25, 0.3) is 0 Å². The van der Waals surface area contributed by atoms with Crippen LogP contribution in [-0.2, 0) is 13.1 Å². The zero-order chi connectivity index (χ0) is 20.9. The van der Waals surface area contributed by atoms with Crippen LogP contribution in [0.4, 0.5) is 4.79 Å². The first kappa shape index (κ1) is 19.2. The second-order valence-electron chi connectivity index (χ2n) is 9.11. The van der Waals surface area contributed by atoms with E-state index in [9.17, 15) is 9.59 Å². The van der Waals surface area contributed by atoms with E-state index in [1.54, 1.807) is 6.20 Å². The van der Waals surface area contributed by atoms with Crippen molar-refractivity contribution in [2.24, 2.45) is 11.3 Å². The van der Waals surface area contributed by atoms with E-state index in [4.69, 9.17) is 4.42 Å². The summed E-state index contributed by atoms with van der Waals surface area (Å²) in [7, 11) is 0. The van der Waals surface area contributed by atoms with E-state index in [2.05, 4.69) is 10.3 Å². The van der Waals surface area contributed by atoms with E-state index < -0.39 is 0 Å². The molecule has 1 saturated heterocycles. The largest absolute Gasteiger partial charge is 0.456 e. The highest BCUT2D eigenvalue weighted by molar-refractivity contribution is 5.93. The fourth-order valence-corrected chi connectivity index (χ4v) is 5.17. The number of pyridine rings is 1. The molecular formula is C23H28N4O3. The predicted octanol–water partition coefficient (Wildman–Crippen LogP) is 3.26. The third kappa shape index (κ3) is 3.36. The van der Waals surface area contributed by atoms with Crippen molar-refractivity contribution in [2.75, 3.05) is 19.6 Å². The lowest BCUT2D eigenvalue weighted by Gasteiger charge is -2.32. The number of piperidine rings is 1. The lowest BCUT2D eigenvalue weighted by Crippen LogP contribution is -2.41. The number of carbonyl (C=O) groups excluding carboxylic acids is 2. The molecule has 2 aromatic heterocycles. The van der Waals surface area contributed by atoms with Gasteiger partial charge in [0.15, 0.2) is 5.76 Å². The predicted molar refractivity (Wildman–Crippen MR) is 111 cm³/mol. The van der Waals surface area contributed by atoms with Crippen LogP contribution >= 0.6 is 0 Å². The molecule has 1 saturated carbocycles. The summed E-state index contributed by atoms with van der Waals surface area (Å²) in [6.07, 6.45) is 6.76. The second-order valence-corrected chi connectivity index (χ2v) is 9.11. The van der Waals surface area contributed by atoms with Crippen LogP contribution in [0.1, 0.15) is 52.3 Å². The van der Waals surface area contributed by atoms with Gasteiger partial charge in [-0.2, -0.15) is 0 Å². The Morgan fingerprint density at radius 3 is 2.67 bits per heavy atom. The summed E-state index contributed by atoms with van der Waals surface area (Å²) in [6, 6.07) is 3.90. The van der Waals surface area contributed by atoms with Crippen molar-refractivity contribution in [3.63, 3.8) is 0 Å². The highest BCUT2D eigenvalue weighted by Gasteiger charge is 2.55. The van der Waals surface area contributed by atoms with Crippen LogP contribution in [0.3, 0.4) is 0 Å². The standard InChI is InChI=1S/C23H28N4O3/c1-15-9-16(2)30-20(15)21(28)26-7-4-23(5-8-26)10-19(23)12-25-22(29)27-13-17-3-6-24-11-18(17)14-27/h3,6,9,11,19H,4-5,7-8,10,12-14H2,1-2H3,(H,25,29). The molecule has 0 bridgehead atoms. The van der Waals surface area contributed by atoms with Gasteiger partial charge in [-0.05, 0) is 67.7 Å². The van der Waals surface area contributed by atoms with Crippen LogP contribution in [0.5, 0.6) is 0 Å². The Balaban J connectivity index is 1.10. The zero-order valence-electron chi connectivity index (χ0n) is 17.6. The van der Waals surface area contributed by atoms with Crippen LogP contribution in [0.15, 0.2) is 28.9 Å². The van der Waals surface area contributed by atoms with Crippen molar-refractivity contribution >= 4 is 11.9 Å². The molecule has 1 atom stereocenters. The second kappa shape index (κ2) is 7.15. The number of hydrogen-bond donors (Lipinski definition) is 1. The Hall–Kier alpha value is -2.83. The lowest BCUT2D eigenvalue weighted by atomic mass is 9.90. The molecule has 2 aromatic rings. The van der Waals surface area contributed by atoms with Crippen LogP contribution in [-0.4, -0.2) is 46.4 Å². The number of furan rings is 1. The number of aryl methyl sites for hydroxylation is 2. The van der Waals surface area contributed by atoms with Crippen molar-refractivity contribution in [1.82, 2.24) is 20.1 Å². The van der Waals surface area contributed by atoms with Crippen molar-refractivity contribution in [3.8, 4) is 0 Å². The van der Waals surface area contributed by atoms with Crippen LogP contribution < -0.4 is 5.32 Å². The molecule has 2 fully saturated rings. The van der Waals surface area contributed by atoms with Gasteiger partial charge < -0.3 is 19.5 Å². The third-order valence-corrected chi connectivity index (χ3v) is 7.15. The third-order valence-electron chi connectivity index (χ3n) is 7.15. The molecule has 7 heteroatoms. The highest BCUT2D eigenvalue weighted by Crippen LogP contribution is 2.59. The minimum absolute atomic E-state index is 0.00374. The molecule has 1 unspecified atom stereocenters. The van der Waals surface area contributed by atoms with E-state index in [0.29, 0.717) is 31.3 Å². The van der Waals surface area contributed by atoms with Gasteiger partial charge in [0.2, 0.25) is 0 Å². The van der Waals surface area contributed by atoms with Crippen molar-refractivity contribution in [1.29, 1.82) is 0 Å². The molecule has 1 aliphatic carbocycles. The Kier molecular flexibility index (Phi) is 4.56. The maximum atomic E-state index is 12.8. The van der Waals surface area contributed by atoms with Crippen molar-refractivity contribution in [3.05, 3.63) is 52.7 Å². The quantitative estimate of drug-likeness (QED) is 0.846. The van der Waals surface area contributed by atoms with E-state index in [1.165, 1.54) is 5.56 Å². The number of hydrogen-bond acceptors (Lipinski definition) is 4. The molecule has 3 amide bonds. The first-order chi connectivity index (χ1) is 14.4. The summed E-state index contributed by atoms with van der Waals surface area (Å²) in [5.41, 5.74) is 3.51. The first-order valence-electron chi connectivity index (χ1n) is 10.8. The number of nitrogens with one attached hydrogen (secondary N) is 1. The lowest BCUT2D eigenvalue weighted by molar-refractivity contribution is 0.0634. The number of carbonyl (C=O) groups is 2. The van der Waals surface area contributed by atoms with E-state index in [-0.39, 0.29) is 17.4 Å². The molecule has 7 nitrogen and oxygen atoms in total. The SMILES string of the molecule is Cc1cc(C)c(C(=O)N2CCC3(CC2)CC3CNC(=O)N2Cc3ccncc3C2)o1. The average Bonchev–Trinajstić information content (AvgIpc) is 3.07. The van der Waals surface area contributed by atoms with Crippen LogP contribution in [0.2, 0.25) is 0 Å². The van der Waals surface area contributed by atoms with Gasteiger partial charge in [-0.3, -0.25) is 9.78 Å². The minimum Gasteiger partial charge on any atom is -0.456 e. The van der Waals surface area contributed by atoms with E-state index in [0.717, 1.165) is 49.2 Å². The fraction of sp³-hybridized carbons (Fsp3) is 0.522. The number of fused-ring (bicyclic) bond motifs is 1. The first-order valence-corrected chi connectivity index (χ1v) is 10.8. The summed E-state index contributed by atoms with van der Waals surface area (Å²) in [4.78, 5) is 33.3. The minimum atomic E-state index is 0.00374. The van der Waals surface area contributed by atoms with Gasteiger partial charge in [-0.1, -0.05) is 0 Å². The Morgan fingerprint density at radius 2 is 1.97 bits per heavy atom. The molecule has 2 aliphatic heterocycles. The maximum Gasteiger partial charge on any atom is 0.318 e. The summed E-state index contributed by atoms with van der Waals surface area (Å²) in [6.45, 7) is 7.32. The highest BCUT2D eigenvalue weighted by atomic mass is 16.4. The van der Waals surface area contributed by atoms with Crippen molar-refractivity contribution in [2.45, 2.75) is 46.2 Å². The monoisotopic (exact) mass is 408 g/mol. The van der Waals surface area contributed by atoms with E-state index in [1.807, 2.05) is 42.0 Å². The number of amides is 3.